The lowest BCUT2D eigenvalue weighted by atomic mass is 10.2. The number of halogens is 1. The van der Waals surface area contributed by atoms with E-state index in [9.17, 15) is 18.0 Å². The van der Waals surface area contributed by atoms with Gasteiger partial charge < -0.3 is 15.1 Å². The van der Waals surface area contributed by atoms with Crippen molar-refractivity contribution in [2.75, 3.05) is 43.9 Å². The molecule has 9 heteroatoms. The second-order valence-electron chi connectivity index (χ2n) is 5.23. The Balaban J connectivity index is 1.86. The van der Waals surface area contributed by atoms with Crippen LogP contribution in [0.5, 0.6) is 0 Å². The molecule has 0 radical (unpaired) electrons. The maximum atomic E-state index is 12.0. The molecule has 1 aliphatic heterocycles. The summed E-state index contributed by atoms with van der Waals surface area (Å²) in [5, 5.41) is 1.64. The van der Waals surface area contributed by atoms with Crippen LogP contribution in [0.15, 0.2) is 24.3 Å². The molecule has 2 amide bonds. The van der Waals surface area contributed by atoms with Gasteiger partial charge in [0.15, 0.2) is 0 Å². The SMILES string of the molecule is CS(=O)(=O)C(=O)NCC(=O)N1CCN(c2ccccc2Cl)CC1. The van der Waals surface area contributed by atoms with Crippen LogP contribution in [0.3, 0.4) is 0 Å². The third kappa shape index (κ3) is 4.59. The van der Waals surface area contributed by atoms with Crippen molar-refractivity contribution >= 4 is 38.3 Å². The third-order valence-electron chi connectivity index (χ3n) is 3.55. The first-order chi connectivity index (χ1) is 10.8. The number of hydrogen-bond acceptors (Lipinski definition) is 5. The van der Waals surface area contributed by atoms with Gasteiger partial charge in [0, 0.05) is 32.4 Å². The number of amides is 2. The Labute approximate surface area is 140 Å². The Morgan fingerprint density at radius 1 is 1.17 bits per heavy atom. The van der Waals surface area contributed by atoms with Gasteiger partial charge in [-0.1, -0.05) is 23.7 Å². The summed E-state index contributed by atoms with van der Waals surface area (Å²) in [5.74, 6) is -0.305. The molecule has 126 valence electrons. The van der Waals surface area contributed by atoms with Gasteiger partial charge in [-0.2, -0.15) is 0 Å². The number of carbonyl (C=O) groups excluding carboxylic acids is 2. The van der Waals surface area contributed by atoms with Gasteiger partial charge in [0.2, 0.25) is 15.7 Å². The van der Waals surface area contributed by atoms with E-state index < -0.39 is 15.1 Å². The molecule has 1 aromatic rings. The van der Waals surface area contributed by atoms with Crippen molar-refractivity contribution in [3.8, 4) is 0 Å². The van der Waals surface area contributed by atoms with Crippen LogP contribution in [-0.4, -0.2) is 63.4 Å². The Bertz CT molecular complexity index is 700. The summed E-state index contributed by atoms with van der Waals surface area (Å²) in [6.45, 7) is 1.89. The minimum absolute atomic E-state index is 0.305. The van der Waals surface area contributed by atoms with Crippen molar-refractivity contribution in [3.05, 3.63) is 29.3 Å². The Morgan fingerprint density at radius 3 is 2.35 bits per heavy atom. The van der Waals surface area contributed by atoms with Crippen molar-refractivity contribution in [2.45, 2.75) is 0 Å². The molecule has 2 rings (SSSR count). The fraction of sp³-hybridized carbons (Fsp3) is 0.429. The summed E-state index contributed by atoms with van der Waals surface area (Å²) in [4.78, 5) is 26.9. The van der Waals surface area contributed by atoms with Crippen molar-refractivity contribution < 1.29 is 18.0 Å². The first-order valence-corrected chi connectivity index (χ1v) is 9.31. The topological polar surface area (TPSA) is 86.8 Å². The molecule has 1 aromatic carbocycles. The van der Waals surface area contributed by atoms with E-state index in [1.807, 2.05) is 24.3 Å². The highest BCUT2D eigenvalue weighted by atomic mass is 35.5. The first-order valence-electron chi connectivity index (χ1n) is 7.04. The van der Waals surface area contributed by atoms with Crippen molar-refractivity contribution in [3.63, 3.8) is 0 Å². The van der Waals surface area contributed by atoms with Crippen molar-refractivity contribution in [1.82, 2.24) is 10.2 Å². The van der Waals surface area contributed by atoms with Crippen molar-refractivity contribution in [2.24, 2.45) is 0 Å². The number of anilines is 1. The predicted molar refractivity (Wildman–Crippen MR) is 88.5 cm³/mol. The van der Waals surface area contributed by atoms with Crippen LogP contribution in [0, 0.1) is 0 Å². The van der Waals surface area contributed by atoms with Gasteiger partial charge in [0.1, 0.15) is 0 Å². The molecule has 1 heterocycles. The first kappa shape index (κ1) is 17.6. The summed E-state index contributed by atoms with van der Waals surface area (Å²) < 4.78 is 22.0. The molecule has 0 unspecified atom stereocenters. The number of nitrogens with zero attached hydrogens (tertiary/aromatic N) is 2. The van der Waals surface area contributed by atoms with Gasteiger partial charge >= 0.3 is 5.24 Å². The van der Waals surface area contributed by atoms with E-state index in [4.69, 9.17) is 11.6 Å². The highest BCUT2D eigenvalue weighted by Gasteiger charge is 2.23. The molecular formula is C14H18ClN3O4S. The quantitative estimate of drug-likeness (QED) is 0.860. The molecule has 0 spiro atoms. The molecule has 0 bridgehead atoms. The average molecular weight is 360 g/mol. The van der Waals surface area contributed by atoms with Gasteiger partial charge in [0.05, 0.1) is 17.3 Å². The van der Waals surface area contributed by atoms with Crippen LogP contribution < -0.4 is 10.2 Å². The van der Waals surface area contributed by atoms with E-state index >= 15 is 0 Å². The normalized spacial score (nSPS) is 15.4. The van der Waals surface area contributed by atoms with Crippen LogP contribution in [0.25, 0.3) is 0 Å². The molecule has 0 aliphatic carbocycles. The number of sulfone groups is 1. The Morgan fingerprint density at radius 2 is 1.78 bits per heavy atom. The lowest BCUT2D eigenvalue weighted by Gasteiger charge is -2.36. The average Bonchev–Trinajstić information content (AvgIpc) is 2.52. The van der Waals surface area contributed by atoms with E-state index in [1.165, 1.54) is 0 Å². The van der Waals surface area contributed by atoms with E-state index in [0.29, 0.717) is 31.2 Å². The van der Waals surface area contributed by atoms with Gasteiger partial charge in [-0.3, -0.25) is 9.59 Å². The minimum Gasteiger partial charge on any atom is -0.367 e. The van der Waals surface area contributed by atoms with Crippen LogP contribution in [0.2, 0.25) is 5.02 Å². The molecule has 0 aromatic heterocycles. The Hall–Kier alpha value is -1.80. The lowest BCUT2D eigenvalue weighted by molar-refractivity contribution is -0.130. The number of nitrogens with one attached hydrogen (secondary N) is 1. The molecule has 1 saturated heterocycles. The number of carbonyl (C=O) groups is 2. The van der Waals surface area contributed by atoms with Gasteiger partial charge in [-0.05, 0) is 12.1 Å². The third-order valence-corrected chi connectivity index (χ3v) is 4.68. The number of hydrogen-bond donors (Lipinski definition) is 1. The maximum absolute atomic E-state index is 12.0. The zero-order chi connectivity index (χ0) is 17.0. The van der Waals surface area contributed by atoms with Gasteiger partial charge in [0.25, 0.3) is 0 Å². The molecule has 7 nitrogen and oxygen atoms in total. The number of piperazine rings is 1. The second-order valence-corrected chi connectivity index (χ2v) is 7.55. The van der Waals surface area contributed by atoms with E-state index in [-0.39, 0.29) is 12.5 Å². The van der Waals surface area contributed by atoms with Gasteiger partial charge in [-0.15, -0.1) is 0 Å². The van der Waals surface area contributed by atoms with Crippen LogP contribution in [-0.2, 0) is 14.6 Å². The van der Waals surface area contributed by atoms with Crippen LogP contribution in [0.4, 0.5) is 10.5 Å². The summed E-state index contributed by atoms with van der Waals surface area (Å²) in [6, 6.07) is 7.50. The van der Waals surface area contributed by atoms with E-state index in [2.05, 4.69) is 10.2 Å². The summed E-state index contributed by atoms with van der Waals surface area (Å²) >= 11 is 6.16. The fourth-order valence-electron chi connectivity index (χ4n) is 2.30. The smallest absolute Gasteiger partial charge is 0.336 e. The molecule has 0 saturated carbocycles. The van der Waals surface area contributed by atoms with Crippen LogP contribution in [0.1, 0.15) is 0 Å². The largest absolute Gasteiger partial charge is 0.367 e. The summed E-state index contributed by atoms with van der Waals surface area (Å²) in [7, 11) is -3.82. The Kier molecular flexibility index (Phi) is 5.48. The van der Waals surface area contributed by atoms with Gasteiger partial charge in [-0.25, -0.2) is 8.42 Å². The van der Waals surface area contributed by atoms with E-state index in [0.717, 1.165) is 11.9 Å². The zero-order valence-corrected chi connectivity index (χ0v) is 14.2. The monoisotopic (exact) mass is 359 g/mol. The molecule has 1 aliphatic rings. The molecule has 1 N–H and O–H groups in total. The summed E-state index contributed by atoms with van der Waals surface area (Å²) in [5.41, 5.74) is 0.923. The number of para-hydroxylation sites is 1. The predicted octanol–water partition coefficient (Wildman–Crippen LogP) is 0.743. The summed E-state index contributed by atoms with van der Waals surface area (Å²) in [6.07, 6.45) is 0.801. The molecule has 0 atom stereocenters. The minimum atomic E-state index is -3.82. The highest BCUT2D eigenvalue weighted by molar-refractivity contribution is 8.05. The lowest BCUT2D eigenvalue weighted by Crippen LogP contribution is -2.51. The zero-order valence-electron chi connectivity index (χ0n) is 12.7. The number of rotatable bonds is 3. The molecule has 1 fully saturated rings. The fourth-order valence-corrected chi connectivity index (χ4v) is 2.89. The standard InChI is InChI=1S/C14H18ClN3O4S/c1-23(21,22)14(20)16-10-13(19)18-8-6-17(7-9-18)12-5-3-2-4-11(12)15/h2-5H,6-10H2,1H3,(H,16,20). The van der Waals surface area contributed by atoms with Crippen LogP contribution >= 0.6 is 11.6 Å². The highest BCUT2D eigenvalue weighted by Crippen LogP contribution is 2.25. The molecule has 23 heavy (non-hydrogen) atoms. The second kappa shape index (κ2) is 7.18. The van der Waals surface area contributed by atoms with E-state index in [1.54, 1.807) is 4.90 Å². The molecular weight excluding hydrogens is 342 g/mol. The number of benzene rings is 1. The maximum Gasteiger partial charge on any atom is 0.336 e. The van der Waals surface area contributed by atoms with Crippen molar-refractivity contribution in [1.29, 1.82) is 0 Å².